The van der Waals surface area contributed by atoms with Crippen LogP contribution in [0.5, 0.6) is 0 Å². The van der Waals surface area contributed by atoms with E-state index >= 15 is 0 Å². The minimum absolute atomic E-state index is 0.0879. The van der Waals surface area contributed by atoms with Crippen LogP contribution in [0.2, 0.25) is 0 Å². The molecule has 0 aliphatic carbocycles. The third-order valence-corrected chi connectivity index (χ3v) is 3.94. The topological polar surface area (TPSA) is 51.5 Å². The van der Waals surface area contributed by atoms with Crippen molar-refractivity contribution in [2.75, 3.05) is 18.5 Å². The SMILES string of the molecule is O=C(NC1(CBr)CCOCC1)c1ccoc1. The van der Waals surface area contributed by atoms with Crippen molar-refractivity contribution < 1.29 is 13.9 Å². The molecule has 1 aromatic heterocycles. The van der Waals surface area contributed by atoms with Crippen molar-refractivity contribution in [2.45, 2.75) is 18.4 Å². The Labute approximate surface area is 102 Å². The van der Waals surface area contributed by atoms with Crippen molar-refractivity contribution in [3.63, 3.8) is 0 Å². The number of halogens is 1. The molecule has 1 N–H and O–H groups in total. The fourth-order valence-electron chi connectivity index (χ4n) is 1.76. The number of alkyl halides is 1. The largest absolute Gasteiger partial charge is 0.472 e. The van der Waals surface area contributed by atoms with E-state index in [1.165, 1.54) is 12.5 Å². The van der Waals surface area contributed by atoms with Crippen molar-refractivity contribution in [1.29, 1.82) is 0 Å². The number of ether oxygens (including phenoxy) is 1. The molecule has 1 aromatic rings. The molecule has 0 saturated carbocycles. The zero-order chi connectivity index (χ0) is 11.4. The van der Waals surface area contributed by atoms with Gasteiger partial charge in [0.25, 0.3) is 5.91 Å². The van der Waals surface area contributed by atoms with E-state index in [-0.39, 0.29) is 11.4 Å². The Bertz CT molecular complexity index is 344. The quantitative estimate of drug-likeness (QED) is 0.865. The summed E-state index contributed by atoms with van der Waals surface area (Å²) in [6.45, 7) is 1.38. The van der Waals surface area contributed by atoms with E-state index in [9.17, 15) is 4.79 Å². The van der Waals surface area contributed by atoms with Crippen LogP contribution in [0, 0.1) is 0 Å². The van der Waals surface area contributed by atoms with Gasteiger partial charge in [-0.25, -0.2) is 0 Å². The summed E-state index contributed by atoms with van der Waals surface area (Å²) in [4.78, 5) is 11.9. The second-order valence-corrected chi connectivity index (χ2v) is 4.55. The Morgan fingerprint density at radius 1 is 1.50 bits per heavy atom. The fraction of sp³-hybridized carbons (Fsp3) is 0.545. The molecule has 1 saturated heterocycles. The Balaban J connectivity index is 2.03. The predicted octanol–water partition coefficient (Wildman–Crippen LogP) is 1.95. The van der Waals surface area contributed by atoms with Crippen molar-refractivity contribution >= 4 is 21.8 Å². The Kier molecular flexibility index (Phi) is 3.66. The molecule has 0 unspecified atom stereocenters. The molecule has 1 fully saturated rings. The summed E-state index contributed by atoms with van der Waals surface area (Å²) in [5.41, 5.74) is 0.374. The number of furan rings is 1. The third-order valence-electron chi connectivity index (χ3n) is 2.87. The number of amides is 1. The molecule has 16 heavy (non-hydrogen) atoms. The summed E-state index contributed by atoms with van der Waals surface area (Å²) < 4.78 is 10.2. The predicted molar refractivity (Wildman–Crippen MR) is 62.8 cm³/mol. The smallest absolute Gasteiger partial charge is 0.254 e. The van der Waals surface area contributed by atoms with Crippen LogP contribution in [0.4, 0.5) is 0 Å². The van der Waals surface area contributed by atoms with Crippen LogP contribution in [0.3, 0.4) is 0 Å². The molecular weight excluding hydrogens is 274 g/mol. The van der Waals surface area contributed by atoms with Gasteiger partial charge in [0.2, 0.25) is 0 Å². The van der Waals surface area contributed by atoms with Gasteiger partial charge in [-0.15, -0.1) is 0 Å². The number of carbonyl (C=O) groups is 1. The van der Waals surface area contributed by atoms with E-state index in [4.69, 9.17) is 9.15 Å². The minimum atomic E-state index is -0.188. The van der Waals surface area contributed by atoms with Crippen LogP contribution >= 0.6 is 15.9 Å². The molecule has 1 amide bonds. The number of nitrogens with one attached hydrogen (secondary N) is 1. The van der Waals surface area contributed by atoms with Crippen molar-refractivity contribution in [3.8, 4) is 0 Å². The fourth-order valence-corrected chi connectivity index (χ4v) is 2.46. The highest BCUT2D eigenvalue weighted by atomic mass is 79.9. The minimum Gasteiger partial charge on any atom is -0.472 e. The average Bonchev–Trinajstić information content (AvgIpc) is 2.84. The number of rotatable bonds is 3. The number of hydrogen-bond donors (Lipinski definition) is 1. The van der Waals surface area contributed by atoms with Gasteiger partial charge in [-0.3, -0.25) is 4.79 Å². The molecule has 0 aromatic carbocycles. The Morgan fingerprint density at radius 2 is 2.25 bits per heavy atom. The van der Waals surface area contributed by atoms with E-state index in [2.05, 4.69) is 21.2 Å². The summed E-state index contributed by atoms with van der Waals surface area (Å²) in [7, 11) is 0. The molecule has 4 nitrogen and oxygen atoms in total. The zero-order valence-electron chi connectivity index (χ0n) is 8.87. The summed E-state index contributed by atoms with van der Waals surface area (Å²) in [6.07, 6.45) is 4.62. The highest BCUT2D eigenvalue weighted by Gasteiger charge is 2.33. The molecule has 1 aliphatic heterocycles. The molecule has 2 rings (SSSR count). The maximum Gasteiger partial charge on any atom is 0.254 e. The first kappa shape index (κ1) is 11.7. The maximum absolute atomic E-state index is 11.9. The molecule has 0 radical (unpaired) electrons. The number of hydrogen-bond acceptors (Lipinski definition) is 3. The van der Waals surface area contributed by atoms with Crippen molar-refractivity contribution in [1.82, 2.24) is 5.32 Å². The lowest BCUT2D eigenvalue weighted by Gasteiger charge is -2.36. The van der Waals surface area contributed by atoms with Gasteiger partial charge in [0.1, 0.15) is 6.26 Å². The molecule has 0 spiro atoms. The van der Waals surface area contributed by atoms with Crippen LogP contribution in [0.25, 0.3) is 0 Å². The van der Waals surface area contributed by atoms with E-state index in [1.54, 1.807) is 6.07 Å². The van der Waals surface area contributed by atoms with Crippen LogP contribution in [0.1, 0.15) is 23.2 Å². The molecule has 2 heterocycles. The molecule has 5 heteroatoms. The molecule has 0 atom stereocenters. The lowest BCUT2D eigenvalue weighted by atomic mass is 9.92. The summed E-state index contributed by atoms with van der Waals surface area (Å²) in [5.74, 6) is -0.0879. The Morgan fingerprint density at radius 3 is 2.81 bits per heavy atom. The molecule has 0 bridgehead atoms. The summed E-state index contributed by atoms with van der Waals surface area (Å²) in [6, 6.07) is 1.66. The first-order valence-electron chi connectivity index (χ1n) is 5.24. The summed E-state index contributed by atoms with van der Waals surface area (Å²) in [5, 5.41) is 3.80. The average molecular weight is 288 g/mol. The first-order valence-corrected chi connectivity index (χ1v) is 6.36. The zero-order valence-corrected chi connectivity index (χ0v) is 10.5. The van der Waals surface area contributed by atoms with Gasteiger partial charge in [-0.2, -0.15) is 0 Å². The van der Waals surface area contributed by atoms with Gasteiger partial charge in [0, 0.05) is 18.5 Å². The van der Waals surface area contributed by atoms with Crippen LogP contribution < -0.4 is 5.32 Å². The van der Waals surface area contributed by atoms with Crippen LogP contribution in [0.15, 0.2) is 23.0 Å². The highest BCUT2D eigenvalue weighted by molar-refractivity contribution is 9.09. The lowest BCUT2D eigenvalue weighted by Crippen LogP contribution is -2.53. The van der Waals surface area contributed by atoms with Gasteiger partial charge >= 0.3 is 0 Å². The van der Waals surface area contributed by atoms with Crippen molar-refractivity contribution in [2.24, 2.45) is 0 Å². The summed E-state index contributed by atoms with van der Waals surface area (Å²) >= 11 is 3.47. The van der Waals surface area contributed by atoms with Gasteiger partial charge in [-0.1, -0.05) is 15.9 Å². The van der Waals surface area contributed by atoms with E-state index in [1.807, 2.05) is 0 Å². The number of carbonyl (C=O) groups excluding carboxylic acids is 1. The second-order valence-electron chi connectivity index (χ2n) is 3.99. The molecule has 88 valence electrons. The molecular formula is C11H14BrNO3. The molecule has 1 aliphatic rings. The second kappa shape index (κ2) is 5.01. The standard InChI is InChI=1S/C11H14BrNO3/c12-8-11(2-5-15-6-3-11)13-10(14)9-1-4-16-7-9/h1,4,7H,2-3,5-6,8H2,(H,13,14). The normalized spacial score (nSPS) is 19.3. The van der Waals surface area contributed by atoms with E-state index in [0.717, 1.165) is 18.2 Å². The maximum atomic E-state index is 11.9. The Hall–Kier alpha value is -0.810. The van der Waals surface area contributed by atoms with Crippen molar-refractivity contribution in [3.05, 3.63) is 24.2 Å². The highest BCUT2D eigenvalue weighted by Crippen LogP contribution is 2.23. The first-order chi connectivity index (χ1) is 7.76. The third kappa shape index (κ3) is 2.47. The van der Waals surface area contributed by atoms with Gasteiger partial charge in [0.05, 0.1) is 17.4 Å². The van der Waals surface area contributed by atoms with Gasteiger partial charge in [0.15, 0.2) is 0 Å². The van der Waals surface area contributed by atoms with Crippen LogP contribution in [-0.4, -0.2) is 30.0 Å². The monoisotopic (exact) mass is 287 g/mol. The lowest BCUT2D eigenvalue weighted by molar-refractivity contribution is 0.0441. The van der Waals surface area contributed by atoms with E-state index in [0.29, 0.717) is 18.8 Å². The van der Waals surface area contributed by atoms with Crippen LogP contribution in [-0.2, 0) is 4.74 Å². The van der Waals surface area contributed by atoms with Gasteiger partial charge in [-0.05, 0) is 18.9 Å². The van der Waals surface area contributed by atoms with Gasteiger partial charge < -0.3 is 14.5 Å². The van der Waals surface area contributed by atoms with E-state index < -0.39 is 0 Å².